The van der Waals surface area contributed by atoms with Crippen LogP contribution in [0.4, 0.5) is 0 Å². The molecular formula is C51H29N5OS. The molecule has 0 saturated heterocycles. The molecule has 0 unspecified atom stereocenters. The van der Waals surface area contributed by atoms with E-state index in [1.54, 1.807) is 6.20 Å². The smallest absolute Gasteiger partial charge is 0.138 e. The predicted octanol–water partition coefficient (Wildman–Crippen LogP) is 13.7. The fraction of sp³-hybridized carbons (Fsp3) is 0. The SMILES string of the molecule is c1cc(-c2ccc3c(c2)c2ccccc2n3-c2ccc3sc4ccncc4c3c2)cc(-c2ccc3c(c2)c2ncccc2n3-c2ccc3oc4ccncc4c3c2)c1. The molecule has 13 aromatic rings. The van der Waals surface area contributed by atoms with Gasteiger partial charge in [-0.15, -0.1) is 11.3 Å². The number of para-hydroxylation sites is 1. The Kier molecular flexibility index (Phi) is 6.50. The summed E-state index contributed by atoms with van der Waals surface area (Å²) in [6.07, 6.45) is 9.38. The van der Waals surface area contributed by atoms with Crippen LogP contribution < -0.4 is 0 Å². The molecule has 6 aromatic carbocycles. The molecule has 0 aliphatic rings. The highest BCUT2D eigenvalue weighted by molar-refractivity contribution is 7.25. The van der Waals surface area contributed by atoms with Crippen molar-refractivity contribution in [2.45, 2.75) is 0 Å². The van der Waals surface area contributed by atoms with E-state index in [0.717, 1.165) is 66.4 Å². The normalized spacial score (nSPS) is 12.1. The minimum atomic E-state index is 0.837. The van der Waals surface area contributed by atoms with Gasteiger partial charge in [0.1, 0.15) is 11.2 Å². The molecule has 0 radical (unpaired) electrons. The van der Waals surface area contributed by atoms with Gasteiger partial charge in [-0.05, 0) is 119 Å². The summed E-state index contributed by atoms with van der Waals surface area (Å²) in [4.78, 5) is 13.7. The molecule has 7 heteroatoms. The van der Waals surface area contributed by atoms with Crippen molar-refractivity contribution >= 4 is 97.2 Å². The summed E-state index contributed by atoms with van der Waals surface area (Å²) in [6, 6.07) is 52.6. The highest BCUT2D eigenvalue weighted by Crippen LogP contribution is 2.40. The number of aromatic nitrogens is 5. The molecule has 0 atom stereocenters. The Hall–Kier alpha value is -7.61. The average molecular weight is 760 g/mol. The number of hydrogen-bond acceptors (Lipinski definition) is 5. The van der Waals surface area contributed by atoms with E-state index in [4.69, 9.17) is 9.40 Å². The third-order valence-corrected chi connectivity index (χ3v) is 12.9. The molecule has 0 amide bonds. The Balaban J connectivity index is 0.923. The Bertz CT molecular complexity index is 3580. The standard InChI is InChI=1S/C51H29N5OS/c1-2-8-43-36(7-1)37-24-32(10-14-44(37)55(43)35-13-17-49-39(27-35)42-29-53-22-19-50(42)58-49)30-5-3-6-31(23-30)33-11-15-45-40(25-33)51-46(9-4-20-54-51)56(45)34-12-16-47-38(26-34)41-28-52-21-18-48(41)57-47/h1-29H. The van der Waals surface area contributed by atoms with Gasteiger partial charge in [0.25, 0.3) is 0 Å². The van der Waals surface area contributed by atoms with Crippen LogP contribution in [0.1, 0.15) is 0 Å². The topological polar surface area (TPSA) is 61.7 Å². The number of benzene rings is 6. The van der Waals surface area contributed by atoms with Gasteiger partial charge in [0.05, 0.1) is 27.6 Å². The minimum Gasteiger partial charge on any atom is -0.456 e. The monoisotopic (exact) mass is 759 g/mol. The van der Waals surface area contributed by atoms with Gasteiger partial charge in [-0.1, -0.05) is 48.5 Å². The zero-order chi connectivity index (χ0) is 37.9. The van der Waals surface area contributed by atoms with E-state index in [-0.39, 0.29) is 0 Å². The van der Waals surface area contributed by atoms with Gasteiger partial charge in [-0.25, -0.2) is 0 Å². The van der Waals surface area contributed by atoms with Crippen molar-refractivity contribution in [1.82, 2.24) is 24.1 Å². The highest BCUT2D eigenvalue weighted by Gasteiger charge is 2.18. The van der Waals surface area contributed by atoms with E-state index in [2.05, 4.69) is 153 Å². The summed E-state index contributed by atoms with van der Waals surface area (Å²) in [5, 5.41) is 8.07. The van der Waals surface area contributed by atoms with Gasteiger partial charge in [0, 0.05) is 89.5 Å². The second-order valence-corrected chi connectivity index (χ2v) is 16.0. The largest absolute Gasteiger partial charge is 0.456 e. The zero-order valence-electron chi connectivity index (χ0n) is 30.8. The summed E-state index contributed by atoms with van der Waals surface area (Å²) in [7, 11) is 0. The summed E-state index contributed by atoms with van der Waals surface area (Å²) in [5.41, 5.74) is 14.0. The Morgan fingerprint density at radius 1 is 0.397 bits per heavy atom. The lowest BCUT2D eigenvalue weighted by atomic mass is 9.97. The Morgan fingerprint density at radius 2 is 1.05 bits per heavy atom. The van der Waals surface area contributed by atoms with Gasteiger partial charge in [-0.3, -0.25) is 15.0 Å². The van der Waals surface area contributed by atoms with Crippen LogP contribution in [0, 0.1) is 0 Å². The van der Waals surface area contributed by atoms with Crippen molar-refractivity contribution in [2.24, 2.45) is 0 Å². The first-order chi connectivity index (χ1) is 28.7. The van der Waals surface area contributed by atoms with Crippen molar-refractivity contribution in [2.75, 3.05) is 0 Å². The minimum absolute atomic E-state index is 0.837. The molecule has 270 valence electrons. The maximum absolute atomic E-state index is 6.12. The molecular weight excluding hydrogens is 731 g/mol. The molecule has 7 heterocycles. The first-order valence-electron chi connectivity index (χ1n) is 19.3. The molecule has 7 aromatic heterocycles. The van der Waals surface area contributed by atoms with Crippen LogP contribution in [-0.2, 0) is 0 Å². The quantitative estimate of drug-likeness (QED) is 0.179. The lowest BCUT2D eigenvalue weighted by molar-refractivity contribution is 0.668. The first kappa shape index (κ1) is 31.6. The van der Waals surface area contributed by atoms with Crippen molar-refractivity contribution in [3.8, 4) is 33.6 Å². The predicted molar refractivity (Wildman–Crippen MR) is 240 cm³/mol. The third kappa shape index (κ3) is 4.56. The highest BCUT2D eigenvalue weighted by atomic mass is 32.1. The van der Waals surface area contributed by atoms with E-state index in [1.807, 2.05) is 48.3 Å². The molecule has 6 nitrogen and oxygen atoms in total. The van der Waals surface area contributed by atoms with Crippen LogP contribution >= 0.6 is 11.3 Å². The number of fused-ring (bicyclic) bond motifs is 12. The van der Waals surface area contributed by atoms with Crippen LogP contribution in [0.2, 0.25) is 0 Å². The van der Waals surface area contributed by atoms with Crippen LogP contribution in [0.3, 0.4) is 0 Å². The molecule has 0 fully saturated rings. The van der Waals surface area contributed by atoms with Crippen molar-refractivity contribution in [1.29, 1.82) is 0 Å². The van der Waals surface area contributed by atoms with Crippen LogP contribution in [0.5, 0.6) is 0 Å². The number of furan rings is 1. The summed E-state index contributed by atoms with van der Waals surface area (Å²) < 4.78 is 13.4. The van der Waals surface area contributed by atoms with Gasteiger partial charge in [0.15, 0.2) is 0 Å². The van der Waals surface area contributed by atoms with Crippen molar-refractivity contribution in [3.63, 3.8) is 0 Å². The van der Waals surface area contributed by atoms with E-state index in [1.165, 1.54) is 53.1 Å². The van der Waals surface area contributed by atoms with Gasteiger partial charge in [0.2, 0.25) is 0 Å². The molecule has 0 aliphatic heterocycles. The van der Waals surface area contributed by atoms with Gasteiger partial charge >= 0.3 is 0 Å². The maximum Gasteiger partial charge on any atom is 0.138 e. The Morgan fingerprint density at radius 3 is 1.93 bits per heavy atom. The lowest BCUT2D eigenvalue weighted by Crippen LogP contribution is -1.93. The van der Waals surface area contributed by atoms with Gasteiger partial charge in [-0.2, -0.15) is 0 Å². The summed E-state index contributed by atoms with van der Waals surface area (Å²) in [6.45, 7) is 0. The molecule has 0 spiro atoms. The molecule has 58 heavy (non-hydrogen) atoms. The van der Waals surface area contributed by atoms with Crippen molar-refractivity contribution < 1.29 is 4.42 Å². The fourth-order valence-corrected chi connectivity index (χ4v) is 10.2. The van der Waals surface area contributed by atoms with E-state index in [0.29, 0.717) is 0 Å². The van der Waals surface area contributed by atoms with E-state index < -0.39 is 0 Å². The summed E-state index contributed by atoms with van der Waals surface area (Å²) in [5.74, 6) is 0. The van der Waals surface area contributed by atoms with Crippen LogP contribution in [0.25, 0.3) is 119 Å². The number of hydrogen-bond donors (Lipinski definition) is 0. The van der Waals surface area contributed by atoms with Gasteiger partial charge < -0.3 is 13.6 Å². The second kappa shape index (κ2) is 11.9. The first-order valence-corrected chi connectivity index (χ1v) is 20.1. The molecule has 0 bridgehead atoms. The second-order valence-electron chi connectivity index (χ2n) is 14.9. The molecule has 13 rings (SSSR count). The number of pyridine rings is 3. The third-order valence-electron chi connectivity index (χ3n) is 11.7. The molecule has 0 aliphatic carbocycles. The Labute approximate surface area is 334 Å². The van der Waals surface area contributed by atoms with Crippen LogP contribution in [-0.4, -0.2) is 24.1 Å². The fourth-order valence-electron chi connectivity index (χ4n) is 9.10. The lowest BCUT2D eigenvalue weighted by Gasteiger charge is -2.10. The number of nitrogens with zero attached hydrogens (tertiary/aromatic N) is 5. The van der Waals surface area contributed by atoms with Crippen LogP contribution in [0.15, 0.2) is 181 Å². The summed E-state index contributed by atoms with van der Waals surface area (Å²) >= 11 is 1.82. The molecule has 0 saturated carbocycles. The van der Waals surface area contributed by atoms with Crippen molar-refractivity contribution in [3.05, 3.63) is 177 Å². The maximum atomic E-state index is 6.12. The zero-order valence-corrected chi connectivity index (χ0v) is 31.6. The number of rotatable bonds is 4. The number of thiophene rings is 1. The van der Waals surface area contributed by atoms with E-state index in [9.17, 15) is 0 Å². The average Bonchev–Trinajstić information content (AvgIpc) is 4.03. The molecule has 0 N–H and O–H groups in total. The van der Waals surface area contributed by atoms with E-state index >= 15 is 0 Å².